The van der Waals surface area contributed by atoms with Crippen LogP contribution in [0.4, 0.5) is 5.82 Å². The minimum absolute atomic E-state index is 0.326. The van der Waals surface area contributed by atoms with Crippen molar-refractivity contribution in [2.24, 2.45) is 5.10 Å². The van der Waals surface area contributed by atoms with Gasteiger partial charge < -0.3 is 14.2 Å². The number of aryl methyl sites for hydroxylation is 1. The topological polar surface area (TPSA) is 88.8 Å². The fourth-order valence-corrected chi connectivity index (χ4v) is 3.26. The maximum atomic E-state index is 9.46. The number of pyridine rings is 1. The highest BCUT2D eigenvalue weighted by Crippen LogP contribution is 2.33. The Morgan fingerprint density at radius 1 is 1.36 bits per heavy atom. The molecule has 0 amide bonds. The van der Waals surface area contributed by atoms with Crippen LogP contribution in [-0.2, 0) is 11.3 Å². The summed E-state index contributed by atoms with van der Waals surface area (Å²) in [5.41, 5.74) is 5.59. The number of aromatic nitrogens is 1. The summed E-state index contributed by atoms with van der Waals surface area (Å²) < 4.78 is 17.1. The molecule has 0 saturated carbocycles. The monoisotopic (exact) mass is 492 g/mol. The van der Waals surface area contributed by atoms with Crippen LogP contribution in [0.1, 0.15) is 22.4 Å². The minimum atomic E-state index is 0.326. The normalized spacial score (nSPS) is 10.5. The largest absolute Gasteiger partial charge is 0.493 e. The highest BCUT2D eigenvalue weighted by molar-refractivity contribution is 14.1. The van der Waals surface area contributed by atoms with Crippen LogP contribution in [0, 0.1) is 21.8 Å². The quantitative estimate of drug-likeness (QED) is 0.246. The van der Waals surface area contributed by atoms with Crippen molar-refractivity contribution in [1.29, 1.82) is 5.26 Å². The zero-order valence-corrected chi connectivity index (χ0v) is 18.1. The van der Waals surface area contributed by atoms with Crippen molar-refractivity contribution in [3.8, 4) is 17.6 Å². The molecule has 0 aliphatic carbocycles. The lowest BCUT2D eigenvalue weighted by Crippen LogP contribution is -2.04. The first kappa shape index (κ1) is 21.7. The van der Waals surface area contributed by atoms with Gasteiger partial charge in [0.25, 0.3) is 0 Å². The number of benzene rings is 1. The lowest BCUT2D eigenvalue weighted by Gasteiger charge is -2.12. The number of hydrazone groups is 1. The highest BCUT2D eigenvalue weighted by Gasteiger charge is 2.12. The highest BCUT2D eigenvalue weighted by atomic mass is 127. The Hall–Kier alpha value is -2.64. The third-order valence-corrected chi connectivity index (χ3v) is 4.42. The summed E-state index contributed by atoms with van der Waals surface area (Å²) in [5, 5.41) is 13.7. The van der Waals surface area contributed by atoms with Gasteiger partial charge in [0.2, 0.25) is 0 Å². The summed E-state index contributed by atoms with van der Waals surface area (Å²) in [6, 6.07) is 7.71. The lowest BCUT2D eigenvalue weighted by molar-refractivity contribution is 0.184. The molecular formula is C20H21IN4O3. The van der Waals surface area contributed by atoms with Crippen LogP contribution < -0.4 is 14.9 Å². The first-order valence-corrected chi connectivity index (χ1v) is 9.41. The number of anilines is 1. The fraction of sp³-hybridized carbons (Fsp3) is 0.250. The SMILES string of the molecule is C=CCOc1c(I)cc(/C=N/Nc2nc(C)cc(COC)c2C#N)cc1OC. The zero-order chi connectivity index (χ0) is 20.5. The Balaban J connectivity index is 2.27. The first-order chi connectivity index (χ1) is 13.5. The van der Waals surface area contributed by atoms with Gasteiger partial charge in [0, 0.05) is 18.4 Å². The number of halogens is 1. The lowest BCUT2D eigenvalue weighted by atomic mass is 10.1. The van der Waals surface area contributed by atoms with Gasteiger partial charge in [-0.25, -0.2) is 4.98 Å². The Morgan fingerprint density at radius 2 is 2.14 bits per heavy atom. The molecular weight excluding hydrogens is 471 g/mol. The van der Waals surface area contributed by atoms with E-state index >= 15 is 0 Å². The molecule has 0 atom stereocenters. The van der Waals surface area contributed by atoms with Gasteiger partial charge in [0.1, 0.15) is 18.2 Å². The van der Waals surface area contributed by atoms with Gasteiger partial charge in [0.05, 0.1) is 23.5 Å². The van der Waals surface area contributed by atoms with Crippen molar-refractivity contribution < 1.29 is 14.2 Å². The van der Waals surface area contributed by atoms with E-state index in [1.807, 2.05) is 25.1 Å². The molecule has 28 heavy (non-hydrogen) atoms. The second-order valence-corrected chi connectivity index (χ2v) is 6.86. The smallest absolute Gasteiger partial charge is 0.174 e. The molecule has 0 unspecified atom stereocenters. The first-order valence-electron chi connectivity index (χ1n) is 8.33. The van der Waals surface area contributed by atoms with Gasteiger partial charge in [0.15, 0.2) is 17.3 Å². The molecule has 0 saturated heterocycles. The van der Waals surface area contributed by atoms with Gasteiger partial charge in [-0.1, -0.05) is 12.7 Å². The number of nitriles is 1. The summed E-state index contributed by atoms with van der Waals surface area (Å²) in [4.78, 5) is 4.36. The van der Waals surface area contributed by atoms with Gasteiger partial charge >= 0.3 is 0 Å². The van der Waals surface area contributed by atoms with Crippen LogP contribution in [0.25, 0.3) is 0 Å². The standard InChI is InChI=1S/C20H21IN4O3/c1-5-6-28-19-17(21)8-14(9-18(19)27-4)11-23-25-20-16(10-22)15(12-26-3)7-13(2)24-20/h5,7-9,11H,1,6,12H2,2-4H3,(H,24,25)/b23-11+. The average molecular weight is 492 g/mol. The number of nitrogens with one attached hydrogen (secondary N) is 1. The zero-order valence-electron chi connectivity index (χ0n) is 16.0. The van der Waals surface area contributed by atoms with Crippen LogP contribution in [-0.4, -0.2) is 32.0 Å². The molecule has 1 heterocycles. The third kappa shape index (κ3) is 5.43. The fourth-order valence-electron chi connectivity index (χ4n) is 2.48. The van der Waals surface area contributed by atoms with Crippen LogP contribution in [0.15, 0.2) is 36.0 Å². The predicted octanol–water partition coefficient (Wildman–Crippen LogP) is 4.03. The molecule has 1 N–H and O–H groups in total. The summed E-state index contributed by atoms with van der Waals surface area (Å²) in [6.45, 7) is 6.22. The van der Waals surface area contributed by atoms with Crippen molar-refractivity contribution >= 4 is 34.6 Å². The molecule has 0 spiro atoms. The molecule has 1 aromatic heterocycles. The van der Waals surface area contributed by atoms with E-state index in [0.29, 0.717) is 36.1 Å². The van der Waals surface area contributed by atoms with E-state index in [0.717, 1.165) is 20.4 Å². The number of ether oxygens (including phenoxy) is 3. The van der Waals surface area contributed by atoms with Crippen LogP contribution in [0.5, 0.6) is 11.5 Å². The molecule has 0 bridgehead atoms. The predicted molar refractivity (Wildman–Crippen MR) is 117 cm³/mol. The van der Waals surface area contributed by atoms with E-state index in [2.05, 4.69) is 50.8 Å². The van der Waals surface area contributed by atoms with Gasteiger partial charge in [-0.15, -0.1) is 0 Å². The van der Waals surface area contributed by atoms with Crippen molar-refractivity contribution in [3.05, 3.63) is 56.8 Å². The van der Waals surface area contributed by atoms with E-state index in [-0.39, 0.29) is 0 Å². The van der Waals surface area contributed by atoms with Crippen LogP contribution >= 0.6 is 22.6 Å². The van der Waals surface area contributed by atoms with E-state index in [4.69, 9.17) is 14.2 Å². The minimum Gasteiger partial charge on any atom is -0.493 e. The Bertz CT molecular complexity index is 923. The van der Waals surface area contributed by atoms with E-state index < -0.39 is 0 Å². The molecule has 2 aromatic rings. The molecule has 2 rings (SSSR count). The summed E-state index contributed by atoms with van der Waals surface area (Å²) in [7, 11) is 3.16. The molecule has 146 valence electrons. The summed E-state index contributed by atoms with van der Waals surface area (Å²) >= 11 is 2.18. The number of methoxy groups -OCH3 is 2. The summed E-state index contributed by atoms with van der Waals surface area (Å²) in [5.74, 6) is 1.65. The van der Waals surface area contributed by atoms with Crippen LogP contribution in [0.2, 0.25) is 0 Å². The van der Waals surface area contributed by atoms with Crippen molar-refractivity contribution in [2.75, 3.05) is 26.3 Å². The molecule has 0 radical (unpaired) electrons. The number of nitrogens with zero attached hydrogens (tertiary/aromatic N) is 3. The van der Waals surface area contributed by atoms with E-state index in [1.54, 1.807) is 26.5 Å². The number of rotatable bonds is 9. The van der Waals surface area contributed by atoms with Crippen LogP contribution in [0.3, 0.4) is 0 Å². The van der Waals surface area contributed by atoms with Crippen molar-refractivity contribution in [1.82, 2.24) is 4.98 Å². The maximum absolute atomic E-state index is 9.46. The molecule has 7 nitrogen and oxygen atoms in total. The number of hydrogen-bond acceptors (Lipinski definition) is 7. The van der Waals surface area contributed by atoms with E-state index in [9.17, 15) is 5.26 Å². The van der Waals surface area contributed by atoms with Crippen molar-refractivity contribution in [2.45, 2.75) is 13.5 Å². The van der Waals surface area contributed by atoms with Gasteiger partial charge in [-0.3, -0.25) is 5.43 Å². The van der Waals surface area contributed by atoms with E-state index in [1.165, 1.54) is 0 Å². The second kappa shape index (κ2) is 10.6. The molecule has 1 aromatic carbocycles. The Labute approximate surface area is 178 Å². The molecule has 0 aliphatic rings. The molecule has 8 heteroatoms. The van der Waals surface area contributed by atoms with Crippen molar-refractivity contribution in [3.63, 3.8) is 0 Å². The molecule has 0 fully saturated rings. The third-order valence-electron chi connectivity index (χ3n) is 3.62. The second-order valence-electron chi connectivity index (χ2n) is 5.69. The maximum Gasteiger partial charge on any atom is 0.174 e. The summed E-state index contributed by atoms with van der Waals surface area (Å²) in [6.07, 6.45) is 3.30. The van der Waals surface area contributed by atoms with Gasteiger partial charge in [-0.05, 0) is 53.3 Å². The number of hydrogen-bond donors (Lipinski definition) is 1. The molecule has 0 aliphatic heterocycles. The van der Waals surface area contributed by atoms with Gasteiger partial charge in [-0.2, -0.15) is 10.4 Å². The Kier molecular flexibility index (Phi) is 8.22. The average Bonchev–Trinajstić information content (AvgIpc) is 2.67. The Morgan fingerprint density at radius 3 is 2.79 bits per heavy atom.